The molecular weight excluding hydrogens is 855 g/mol. The second-order valence-corrected chi connectivity index (χ2v) is 71.0. The van der Waals surface area contributed by atoms with Gasteiger partial charge in [-0.2, -0.15) is 0 Å². The summed E-state index contributed by atoms with van der Waals surface area (Å²) in [7, 11) is -0.770. The number of rotatable bonds is 48. The molecule has 382 valence electrons. The van der Waals surface area contributed by atoms with Gasteiger partial charge in [0.1, 0.15) is 0 Å². The Labute approximate surface area is 394 Å². The summed E-state index contributed by atoms with van der Waals surface area (Å²) in [6.07, 6.45) is 66.2. The van der Waals surface area contributed by atoms with Crippen LogP contribution in [0.15, 0.2) is 0 Å². The van der Waals surface area contributed by atoms with Gasteiger partial charge in [0, 0.05) is 0 Å². The Morgan fingerprint density at radius 1 is 0.180 bits per heavy atom. The van der Waals surface area contributed by atoms with Gasteiger partial charge in [-0.05, 0) is 0 Å². The van der Waals surface area contributed by atoms with Crippen molar-refractivity contribution in [3.63, 3.8) is 0 Å². The van der Waals surface area contributed by atoms with Gasteiger partial charge >= 0.3 is 397 Å². The van der Waals surface area contributed by atoms with Gasteiger partial charge in [0.15, 0.2) is 0 Å². The normalized spacial score (nSPS) is 15.5. The fourth-order valence-corrected chi connectivity index (χ4v) is 161. The molecule has 5 heteroatoms. The van der Waals surface area contributed by atoms with Crippen molar-refractivity contribution in [2.45, 2.75) is 285 Å². The summed E-state index contributed by atoms with van der Waals surface area (Å²) in [5.41, 5.74) is 0. The molecule has 0 aromatic rings. The van der Waals surface area contributed by atoms with Crippen LogP contribution in [-0.4, -0.2) is 78.0 Å². The molecule has 0 aromatic carbocycles. The summed E-state index contributed by atoms with van der Waals surface area (Å²) in [5, 5.41) is 0. The standard InChI is InChI=1S/4C14H31P.Ni/c4*1-4-5-6-7-8-9-10-11-12-13-14-15(2)3;/h4*4-14H2,1-3H3;/q;;;;-4/p+4. The second kappa shape index (κ2) is 40.1. The molecule has 0 aromatic heterocycles. The van der Waals surface area contributed by atoms with Crippen molar-refractivity contribution in [1.29, 1.82) is 0 Å². The van der Waals surface area contributed by atoms with Crippen LogP contribution >= 0.6 is 24.1 Å². The van der Waals surface area contributed by atoms with Gasteiger partial charge < -0.3 is 0 Å². The zero-order valence-electron chi connectivity index (χ0n) is 45.4. The first-order chi connectivity index (χ1) is 29.2. The van der Waals surface area contributed by atoms with Gasteiger partial charge in [0.2, 0.25) is 0 Å². The summed E-state index contributed by atoms with van der Waals surface area (Å²) < 4.78 is 0. The molecule has 0 atom stereocenters. The average molecular weight is 984 g/mol. The van der Waals surface area contributed by atoms with Gasteiger partial charge in [-0.25, -0.2) is 0 Å². The van der Waals surface area contributed by atoms with Crippen molar-refractivity contribution in [2.75, 3.05) is 78.0 Å². The molecule has 0 aliphatic carbocycles. The molecule has 0 radical (unpaired) electrons. The maximum absolute atomic E-state index is 3.09. The molecule has 0 bridgehead atoms. The Balaban J connectivity index is 6.24. The SMILES string of the molecule is CCCCCCCCCCCC[PH](C)(C)[Ni]([PH](C)(C)CCCCCCCCCCCC)([PH](C)(C)CCCCCCCCCCCC)[PH](C)(C)CCCCCCCCCCCC. The monoisotopic (exact) mass is 983 g/mol. The molecule has 0 unspecified atom stereocenters. The van der Waals surface area contributed by atoms with Crippen LogP contribution in [0.5, 0.6) is 0 Å². The van der Waals surface area contributed by atoms with E-state index >= 15 is 0 Å². The van der Waals surface area contributed by atoms with E-state index in [1.54, 1.807) is 50.3 Å². The maximum atomic E-state index is 3.09. The third-order valence-corrected chi connectivity index (χ3v) is 117. The molecule has 0 saturated heterocycles. The Kier molecular flexibility index (Phi) is 41.6. The fourth-order valence-electron chi connectivity index (χ4n) is 12.0. The predicted molar refractivity (Wildman–Crippen MR) is 307 cm³/mol. The molecule has 0 N–H and O–H groups in total. The third kappa shape index (κ3) is 27.7. The summed E-state index contributed by atoms with van der Waals surface area (Å²) >= 11 is 0. The summed E-state index contributed by atoms with van der Waals surface area (Å²) in [6, 6.07) is -5.97. The minimum atomic E-state index is -1.49. The molecule has 0 heterocycles. The second-order valence-electron chi connectivity index (χ2n) is 22.7. The van der Waals surface area contributed by atoms with Gasteiger partial charge in [0.05, 0.1) is 0 Å². The first kappa shape index (κ1) is 63.2. The van der Waals surface area contributed by atoms with E-state index in [4.69, 9.17) is 0 Å². The Morgan fingerprint density at radius 2 is 0.295 bits per heavy atom. The van der Waals surface area contributed by atoms with Crippen molar-refractivity contribution < 1.29 is 10.7 Å². The van der Waals surface area contributed by atoms with E-state index < -0.39 is 34.8 Å². The molecule has 0 aliphatic rings. The first-order valence-corrected chi connectivity index (χ1v) is 46.9. The van der Waals surface area contributed by atoms with Crippen LogP contribution in [0.2, 0.25) is 0 Å². The number of unbranched alkanes of at least 4 members (excludes halogenated alkanes) is 36. The molecule has 0 rings (SSSR count). The van der Waals surface area contributed by atoms with E-state index in [0.717, 1.165) is 0 Å². The van der Waals surface area contributed by atoms with Crippen LogP contribution in [0, 0.1) is 0 Å². The van der Waals surface area contributed by atoms with Crippen LogP contribution in [0.1, 0.15) is 285 Å². The van der Waals surface area contributed by atoms with Crippen molar-refractivity contribution in [2.24, 2.45) is 0 Å². The van der Waals surface area contributed by atoms with E-state index in [0.29, 0.717) is 0 Å². The first-order valence-electron chi connectivity index (χ1n) is 28.9. The van der Waals surface area contributed by atoms with Crippen LogP contribution in [0.4, 0.5) is 0 Å². The third-order valence-electron chi connectivity index (χ3n) is 15.0. The number of hydrogen-bond donors (Lipinski definition) is 0. The van der Waals surface area contributed by atoms with Gasteiger partial charge in [-0.15, -0.1) is 0 Å². The molecule has 0 saturated carbocycles. The van der Waals surface area contributed by atoms with Crippen LogP contribution in [0.3, 0.4) is 0 Å². The van der Waals surface area contributed by atoms with Crippen molar-refractivity contribution in [3.8, 4) is 0 Å². The van der Waals surface area contributed by atoms with Gasteiger partial charge in [-0.3, -0.25) is 0 Å². The molecular formula is C56H128NiP4. The Hall–Kier alpha value is 2.21. The molecule has 61 heavy (non-hydrogen) atoms. The zero-order chi connectivity index (χ0) is 45.6. The fraction of sp³-hybridized carbons (Fsp3) is 1.00. The van der Waals surface area contributed by atoms with Crippen LogP contribution in [-0.2, 0) is 10.7 Å². The zero-order valence-corrected chi connectivity index (χ0v) is 50.4. The molecule has 0 nitrogen and oxygen atoms in total. The van der Waals surface area contributed by atoms with Crippen molar-refractivity contribution in [3.05, 3.63) is 0 Å². The molecule has 0 fully saturated rings. The van der Waals surface area contributed by atoms with Gasteiger partial charge in [0.25, 0.3) is 0 Å². The van der Waals surface area contributed by atoms with E-state index in [2.05, 4.69) is 81.0 Å². The van der Waals surface area contributed by atoms with Crippen molar-refractivity contribution >= 4 is 24.1 Å². The van der Waals surface area contributed by atoms with E-state index in [1.807, 2.05) is 0 Å². The number of hydrogen-bond acceptors (Lipinski definition) is 0. The quantitative estimate of drug-likeness (QED) is 0.0324. The van der Waals surface area contributed by atoms with Crippen LogP contribution < -0.4 is 0 Å². The Morgan fingerprint density at radius 3 is 0.426 bits per heavy atom. The van der Waals surface area contributed by atoms with Gasteiger partial charge in [-0.1, -0.05) is 0 Å². The average Bonchev–Trinajstić information content (AvgIpc) is 3.20. The topological polar surface area (TPSA) is 0 Å². The summed E-state index contributed by atoms with van der Waals surface area (Å²) in [6.45, 7) is 34.1. The summed E-state index contributed by atoms with van der Waals surface area (Å²) in [5.74, 6) is 0. The van der Waals surface area contributed by atoms with E-state index in [1.165, 1.54) is 231 Å². The molecule has 0 aliphatic heterocycles. The molecule has 0 amide bonds. The van der Waals surface area contributed by atoms with Crippen molar-refractivity contribution in [1.82, 2.24) is 0 Å². The summed E-state index contributed by atoms with van der Waals surface area (Å²) in [4.78, 5) is 0. The molecule has 0 spiro atoms. The predicted octanol–water partition coefficient (Wildman–Crippen LogP) is 21.5. The minimum absolute atomic E-state index is 0.770. The van der Waals surface area contributed by atoms with E-state index in [9.17, 15) is 0 Å². The Bertz CT molecular complexity index is 780. The van der Waals surface area contributed by atoms with Crippen LogP contribution in [0.25, 0.3) is 0 Å². The van der Waals surface area contributed by atoms with E-state index in [-0.39, 0.29) is 0 Å².